The van der Waals surface area contributed by atoms with Crippen molar-refractivity contribution in [3.63, 3.8) is 0 Å². The SMILES string of the molecule is COc1ccc(C2=NN(c3ccccc3)C(=O)/C2=C/c2ccc(OCC(=O)O)cc2)cc1. The van der Waals surface area contributed by atoms with Gasteiger partial charge in [0.05, 0.1) is 18.4 Å². The second-order valence-corrected chi connectivity index (χ2v) is 6.94. The van der Waals surface area contributed by atoms with Gasteiger partial charge in [-0.3, -0.25) is 4.79 Å². The monoisotopic (exact) mass is 428 g/mol. The molecule has 160 valence electrons. The highest BCUT2D eigenvalue weighted by Gasteiger charge is 2.32. The van der Waals surface area contributed by atoms with Crippen LogP contribution >= 0.6 is 0 Å². The summed E-state index contributed by atoms with van der Waals surface area (Å²) in [6, 6.07) is 23.4. The Kier molecular flexibility index (Phi) is 5.98. The molecule has 0 bridgehead atoms. The second-order valence-electron chi connectivity index (χ2n) is 6.94. The number of carbonyl (C=O) groups excluding carboxylic acids is 1. The first-order valence-electron chi connectivity index (χ1n) is 9.84. The van der Waals surface area contributed by atoms with Crippen molar-refractivity contribution in [1.82, 2.24) is 0 Å². The molecule has 3 aromatic carbocycles. The topological polar surface area (TPSA) is 88.4 Å². The second kappa shape index (κ2) is 9.18. The molecule has 3 aromatic rings. The fourth-order valence-electron chi connectivity index (χ4n) is 3.22. The predicted octanol–water partition coefficient (Wildman–Crippen LogP) is 3.99. The highest BCUT2D eigenvalue weighted by molar-refractivity contribution is 6.37. The van der Waals surface area contributed by atoms with Crippen LogP contribution in [0.5, 0.6) is 11.5 Å². The van der Waals surface area contributed by atoms with Crippen LogP contribution in [-0.2, 0) is 9.59 Å². The van der Waals surface area contributed by atoms with E-state index in [1.54, 1.807) is 37.5 Å². The summed E-state index contributed by atoms with van der Waals surface area (Å²) in [6.45, 7) is -0.417. The molecule has 1 N–H and O–H groups in total. The first kappa shape index (κ1) is 20.9. The van der Waals surface area contributed by atoms with Gasteiger partial charge in [-0.15, -0.1) is 0 Å². The van der Waals surface area contributed by atoms with Crippen molar-refractivity contribution in [2.75, 3.05) is 18.7 Å². The smallest absolute Gasteiger partial charge is 0.341 e. The van der Waals surface area contributed by atoms with Gasteiger partial charge in [-0.1, -0.05) is 30.3 Å². The van der Waals surface area contributed by atoms with E-state index in [9.17, 15) is 9.59 Å². The Bertz CT molecular complexity index is 1180. The van der Waals surface area contributed by atoms with Gasteiger partial charge in [0.2, 0.25) is 0 Å². The number of hydrogen-bond donors (Lipinski definition) is 1. The average Bonchev–Trinajstić information content (AvgIpc) is 3.15. The summed E-state index contributed by atoms with van der Waals surface area (Å²) < 4.78 is 10.4. The first-order chi connectivity index (χ1) is 15.5. The molecule has 0 atom stereocenters. The van der Waals surface area contributed by atoms with E-state index in [1.807, 2.05) is 54.6 Å². The van der Waals surface area contributed by atoms with E-state index in [4.69, 9.17) is 14.6 Å². The van der Waals surface area contributed by atoms with E-state index in [2.05, 4.69) is 5.10 Å². The zero-order valence-corrected chi connectivity index (χ0v) is 17.3. The number of ether oxygens (including phenoxy) is 2. The molecule has 0 unspecified atom stereocenters. The predicted molar refractivity (Wildman–Crippen MR) is 121 cm³/mol. The molecule has 0 aromatic heterocycles. The van der Waals surface area contributed by atoms with Gasteiger partial charge in [-0.2, -0.15) is 10.1 Å². The van der Waals surface area contributed by atoms with E-state index in [0.717, 1.165) is 11.1 Å². The van der Waals surface area contributed by atoms with Crippen molar-refractivity contribution in [3.8, 4) is 11.5 Å². The zero-order valence-electron chi connectivity index (χ0n) is 17.3. The third-order valence-electron chi connectivity index (χ3n) is 4.80. The number of aliphatic carboxylic acids is 1. The molecule has 32 heavy (non-hydrogen) atoms. The van der Waals surface area contributed by atoms with Crippen molar-refractivity contribution in [3.05, 3.63) is 95.6 Å². The van der Waals surface area contributed by atoms with Crippen LogP contribution in [0.4, 0.5) is 5.69 Å². The molecular weight excluding hydrogens is 408 g/mol. The molecule has 1 aliphatic rings. The Labute approximate surface area is 184 Å². The number of amides is 1. The molecule has 1 amide bonds. The van der Waals surface area contributed by atoms with Crippen molar-refractivity contribution < 1.29 is 24.2 Å². The molecule has 7 nitrogen and oxygen atoms in total. The van der Waals surface area contributed by atoms with Gasteiger partial charge in [0.15, 0.2) is 6.61 Å². The zero-order chi connectivity index (χ0) is 22.5. The lowest BCUT2D eigenvalue weighted by molar-refractivity contribution is -0.139. The normalized spacial score (nSPS) is 14.4. The van der Waals surface area contributed by atoms with Gasteiger partial charge in [0.25, 0.3) is 5.91 Å². The van der Waals surface area contributed by atoms with Crippen LogP contribution in [0.2, 0.25) is 0 Å². The van der Waals surface area contributed by atoms with E-state index in [-0.39, 0.29) is 5.91 Å². The van der Waals surface area contributed by atoms with Crippen LogP contribution < -0.4 is 14.5 Å². The van der Waals surface area contributed by atoms with E-state index in [1.165, 1.54) is 5.01 Å². The maximum absolute atomic E-state index is 13.3. The van der Waals surface area contributed by atoms with E-state index >= 15 is 0 Å². The number of anilines is 1. The van der Waals surface area contributed by atoms with Gasteiger partial charge < -0.3 is 14.6 Å². The number of carbonyl (C=O) groups is 2. The molecule has 0 fully saturated rings. The number of hydrogen-bond acceptors (Lipinski definition) is 5. The maximum atomic E-state index is 13.3. The Morgan fingerprint density at radius 1 is 0.969 bits per heavy atom. The van der Waals surface area contributed by atoms with Gasteiger partial charge >= 0.3 is 5.97 Å². The summed E-state index contributed by atoms with van der Waals surface area (Å²) in [5.41, 5.74) is 3.20. The van der Waals surface area contributed by atoms with Crippen LogP contribution in [0.3, 0.4) is 0 Å². The lowest BCUT2D eigenvalue weighted by atomic mass is 10.00. The largest absolute Gasteiger partial charge is 0.497 e. The number of methoxy groups -OCH3 is 1. The van der Waals surface area contributed by atoms with Crippen LogP contribution in [0.1, 0.15) is 11.1 Å². The van der Waals surface area contributed by atoms with E-state index in [0.29, 0.717) is 28.5 Å². The molecule has 1 aliphatic heterocycles. The number of carboxylic acids is 1. The molecule has 1 heterocycles. The van der Waals surface area contributed by atoms with Crippen LogP contribution in [-0.4, -0.2) is 36.4 Å². The standard InChI is InChI=1S/C25H20N2O5/c1-31-20-13-9-18(10-14-20)24-22(25(30)27(26-24)19-5-3-2-4-6-19)15-17-7-11-21(12-8-17)32-16-23(28)29/h2-15H,16H2,1H3,(H,28,29)/b22-15+. The van der Waals surface area contributed by atoms with Crippen LogP contribution in [0.15, 0.2) is 89.5 Å². The van der Waals surface area contributed by atoms with Crippen molar-refractivity contribution in [2.45, 2.75) is 0 Å². The minimum Gasteiger partial charge on any atom is -0.497 e. The Morgan fingerprint density at radius 2 is 1.62 bits per heavy atom. The number of benzene rings is 3. The fourth-order valence-corrected chi connectivity index (χ4v) is 3.22. The summed E-state index contributed by atoms with van der Waals surface area (Å²) >= 11 is 0. The summed E-state index contributed by atoms with van der Waals surface area (Å²) in [5.74, 6) is -0.148. The lowest BCUT2D eigenvalue weighted by Gasteiger charge is -2.10. The van der Waals surface area contributed by atoms with Crippen molar-refractivity contribution in [2.24, 2.45) is 5.10 Å². The number of nitrogens with zero attached hydrogens (tertiary/aromatic N) is 2. The Morgan fingerprint density at radius 3 is 2.25 bits per heavy atom. The minimum absolute atomic E-state index is 0.242. The number of rotatable bonds is 7. The Hall–Kier alpha value is -4.39. The summed E-state index contributed by atoms with van der Waals surface area (Å²) in [4.78, 5) is 24.0. The first-order valence-corrected chi connectivity index (χ1v) is 9.84. The number of carboxylic acid groups (broad SMARTS) is 1. The molecule has 0 spiro atoms. The van der Waals surface area contributed by atoms with Gasteiger partial charge in [-0.25, -0.2) is 4.79 Å². The fraction of sp³-hybridized carbons (Fsp3) is 0.0800. The molecule has 0 aliphatic carbocycles. The van der Waals surface area contributed by atoms with Crippen molar-refractivity contribution >= 4 is 29.4 Å². The highest BCUT2D eigenvalue weighted by atomic mass is 16.5. The number of para-hydroxylation sites is 1. The summed E-state index contributed by atoms with van der Waals surface area (Å²) in [6.07, 6.45) is 1.76. The Balaban J connectivity index is 1.70. The maximum Gasteiger partial charge on any atom is 0.341 e. The minimum atomic E-state index is -1.05. The number of hydrazone groups is 1. The molecule has 0 radical (unpaired) electrons. The van der Waals surface area contributed by atoms with Crippen molar-refractivity contribution in [1.29, 1.82) is 0 Å². The molecule has 0 saturated carbocycles. The lowest BCUT2D eigenvalue weighted by Crippen LogP contribution is -2.21. The molecule has 4 rings (SSSR count). The molecule has 7 heteroatoms. The van der Waals surface area contributed by atoms with Crippen LogP contribution in [0, 0.1) is 0 Å². The molecular formula is C25H20N2O5. The highest BCUT2D eigenvalue weighted by Crippen LogP contribution is 2.28. The van der Waals surface area contributed by atoms with Crippen LogP contribution in [0.25, 0.3) is 6.08 Å². The third kappa shape index (κ3) is 4.52. The average molecular weight is 428 g/mol. The molecule has 0 saturated heterocycles. The summed E-state index contributed by atoms with van der Waals surface area (Å²) in [7, 11) is 1.60. The van der Waals surface area contributed by atoms with Gasteiger partial charge in [0.1, 0.15) is 17.2 Å². The van der Waals surface area contributed by atoms with Gasteiger partial charge in [0, 0.05) is 5.56 Å². The quantitative estimate of drug-likeness (QED) is 0.575. The van der Waals surface area contributed by atoms with E-state index < -0.39 is 12.6 Å². The summed E-state index contributed by atoms with van der Waals surface area (Å²) in [5, 5.41) is 14.7. The van der Waals surface area contributed by atoms with Gasteiger partial charge in [-0.05, 0) is 60.2 Å². The third-order valence-corrected chi connectivity index (χ3v) is 4.80.